The third-order valence-corrected chi connectivity index (χ3v) is 3.49. The van der Waals surface area contributed by atoms with Crippen LogP contribution in [0, 0.1) is 13.8 Å². The normalized spacial score (nSPS) is 10.6. The summed E-state index contributed by atoms with van der Waals surface area (Å²) in [5.41, 5.74) is 3.94. The molecule has 0 fully saturated rings. The Hall–Kier alpha value is -1.55. The SMILES string of the molecule is Cc1cc(CC(=O)O)c(C)n1-c1ccc(Br)cc1. The zero-order chi connectivity index (χ0) is 13.3. The molecule has 0 saturated carbocycles. The van der Waals surface area contributed by atoms with Crippen molar-refractivity contribution in [3.8, 4) is 5.69 Å². The van der Waals surface area contributed by atoms with Crippen LogP contribution in [0.5, 0.6) is 0 Å². The predicted molar refractivity (Wildman–Crippen MR) is 74.3 cm³/mol. The zero-order valence-corrected chi connectivity index (χ0v) is 11.9. The molecule has 0 aliphatic rings. The van der Waals surface area contributed by atoms with Crippen LogP contribution in [-0.2, 0) is 11.2 Å². The largest absolute Gasteiger partial charge is 0.481 e. The number of halogens is 1. The summed E-state index contributed by atoms with van der Waals surface area (Å²) in [6, 6.07) is 9.91. The van der Waals surface area contributed by atoms with E-state index in [-0.39, 0.29) is 6.42 Å². The van der Waals surface area contributed by atoms with Gasteiger partial charge in [0.25, 0.3) is 0 Å². The maximum Gasteiger partial charge on any atom is 0.307 e. The fraction of sp³-hybridized carbons (Fsp3) is 0.214. The summed E-state index contributed by atoms with van der Waals surface area (Å²) in [6.07, 6.45) is 0.0657. The molecule has 0 aliphatic carbocycles. The minimum absolute atomic E-state index is 0.0657. The molecule has 1 heterocycles. The Labute approximate surface area is 114 Å². The molecular weight excluding hydrogens is 294 g/mol. The number of aromatic nitrogens is 1. The van der Waals surface area contributed by atoms with E-state index in [4.69, 9.17) is 5.11 Å². The summed E-state index contributed by atoms with van der Waals surface area (Å²) in [6.45, 7) is 3.94. The molecule has 0 aliphatic heterocycles. The van der Waals surface area contributed by atoms with Gasteiger partial charge in [0.05, 0.1) is 6.42 Å². The maximum atomic E-state index is 10.8. The first-order valence-electron chi connectivity index (χ1n) is 5.64. The van der Waals surface area contributed by atoms with Crippen LogP contribution in [-0.4, -0.2) is 15.6 Å². The minimum atomic E-state index is -0.800. The summed E-state index contributed by atoms with van der Waals surface area (Å²) < 4.78 is 3.10. The van der Waals surface area contributed by atoms with E-state index in [9.17, 15) is 4.79 Å². The molecule has 2 rings (SSSR count). The number of aryl methyl sites for hydroxylation is 1. The molecule has 1 aromatic carbocycles. The van der Waals surface area contributed by atoms with Crippen LogP contribution in [0.25, 0.3) is 5.69 Å². The topological polar surface area (TPSA) is 42.2 Å². The van der Waals surface area contributed by atoms with Gasteiger partial charge in [-0.2, -0.15) is 0 Å². The Balaban J connectivity index is 2.48. The lowest BCUT2D eigenvalue weighted by Gasteiger charge is -2.09. The Morgan fingerprint density at radius 1 is 1.28 bits per heavy atom. The van der Waals surface area contributed by atoms with Crippen molar-refractivity contribution in [2.24, 2.45) is 0 Å². The molecule has 0 spiro atoms. The highest BCUT2D eigenvalue weighted by Crippen LogP contribution is 2.22. The van der Waals surface area contributed by atoms with Crippen LogP contribution < -0.4 is 0 Å². The molecular formula is C14H14BrNO2. The molecule has 1 N–H and O–H groups in total. The third kappa shape index (κ3) is 2.48. The van der Waals surface area contributed by atoms with E-state index in [0.29, 0.717) is 0 Å². The molecule has 3 nitrogen and oxygen atoms in total. The lowest BCUT2D eigenvalue weighted by atomic mass is 10.2. The molecule has 18 heavy (non-hydrogen) atoms. The molecule has 0 amide bonds. The van der Waals surface area contributed by atoms with Crippen LogP contribution in [0.3, 0.4) is 0 Å². The van der Waals surface area contributed by atoms with Crippen LogP contribution in [0.1, 0.15) is 17.0 Å². The van der Waals surface area contributed by atoms with E-state index >= 15 is 0 Å². The smallest absolute Gasteiger partial charge is 0.307 e. The van der Waals surface area contributed by atoms with Gasteiger partial charge in [0.1, 0.15) is 0 Å². The van der Waals surface area contributed by atoms with Crippen LogP contribution in [0.2, 0.25) is 0 Å². The Kier molecular flexibility index (Phi) is 3.57. The van der Waals surface area contributed by atoms with Crippen molar-refractivity contribution in [3.63, 3.8) is 0 Å². The van der Waals surface area contributed by atoms with E-state index in [2.05, 4.69) is 20.5 Å². The number of rotatable bonds is 3. The molecule has 0 saturated heterocycles. The van der Waals surface area contributed by atoms with Gasteiger partial charge in [-0.3, -0.25) is 4.79 Å². The quantitative estimate of drug-likeness (QED) is 0.943. The van der Waals surface area contributed by atoms with Crippen LogP contribution >= 0.6 is 15.9 Å². The van der Waals surface area contributed by atoms with Gasteiger partial charge in [0.15, 0.2) is 0 Å². The van der Waals surface area contributed by atoms with Gasteiger partial charge >= 0.3 is 5.97 Å². The second-order valence-electron chi connectivity index (χ2n) is 4.28. The summed E-state index contributed by atoms with van der Waals surface area (Å²) in [7, 11) is 0. The number of carboxylic acid groups (broad SMARTS) is 1. The lowest BCUT2D eigenvalue weighted by Crippen LogP contribution is -2.03. The highest BCUT2D eigenvalue weighted by molar-refractivity contribution is 9.10. The fourth-order valence-corrected chi connectivity index (χ4v) is 2.42. The number of carbonyl (C=O) groups is 1. The van der Waals surface area contributed by atoms with Gasteiger partial charge in [0.2, 0.25) is 0 Å². The number of carboxylic acids is 1. The van der Waals surface area contributed by atoms with Gasteiger partial charge in [-0.05, 0) is 49.7 Å². The lowest BCUT2D eigenvalue weighted by molar-refractivity contribution is -0.136. The first-order chi connectivity index (χ1) is 8.49. The molecule has 4 heteroatoms. The molecule has 94 valence electrons. The molecule has 0 bridgehead atoms. The van der Waals surface area contributed by atoms with Crippen molar-refractivity contribution < 1.29 is 9.90 Å². The maximum absolute atomic E-state index is 10.8. The number of hydrogen-bond acceptors (Lipinski definition) is 1. The predicted octanol–water partition coefficient (Wildman–Crippen LogP) is 3.48. The van der Waals surface area contributed by atoms with Gasteiger partial charge in [-0.25, -0.2) is 0 Å². The number of nitrogens with zero attached hydrogens (tertiary/aromatic N) is 1. The molecule has 1 aromatic heterocycles. The van der Waals surface area contributed by atoms with E-state index in [0.717, 1.165) is 27.1 Å². The molecule has 2 aromatic rings. The van der Waals surface area contributed by atoms with Crippen LogP contribution in [0.4, 0.5) is 0 Å². The van der Waals surface area contributed by atoms with Crippen molar-refractivity contribution in [3.05, 3.63) is 51.8 Å². The highest BCUT2D eigenvalue weighted by Gasteiger charge is 2.12. The first kappa shape index (κ1) is 12.9. The molecule has 0 atom stereocenters. The fourth-order valence-electron chi connectivity index (χ4n) is 2.16. The van der Waals surface area contributed by atoms with E-state index in [1.165, 1.54) is 0 Å². The molecule has 0 radical (unpaired) electrons. The summed E-state index contributed by atoms with van der Waals surface area (Å²) in [5, 5.41) is 8.88. The third-order valence-electron chi connectivity index (χ3n) is 2.96. The standard InChI is InChI=1S/C14H14BrNO2/c1-9-7-11(8-14(17)18)10(2)16(9)13-5-3-12(15)4-6-13/h3-7H,8H2,1-2H3,(H,17,18). The Morgan fingerprint density at radius 3 is 2.44 bits per heavy atom. The van der Waals surface area contributed by atoms with Gasteiger partial charge in [0, 0.05) is 21.5 Å². The van der Waals surface area contributed by atoms with Gasteiger partial charge < -0.3 is 9.67 Å². The van der Waals surface area contributed by atoms with Crippen molar-refractivity contribution in [2.45, 2.75) is 20.3 Å². The van der Waals surface area contributed by atoms with E-state index in [1.807, 2.05) is 44.2 Å². The van der Waals surface area contributed by atoms with Gasteiger partial charge in [-0.15, -0.1) is 0 Å². The summed E-state index contributed by atoms with van der Waals surface area (Å²) >= 11 is 3.41. The second kappa shape index (κ2) is 4.98. The minimum Gasteiger partial charge on any atom is -0.481 e. The van der Waals surface area contributed by atoms with E-state index < -0.39 is 5.97 Å². The monoisotopic (exact) mass is 307 g/mol. The van der Waals surface area contributed by atoms with Crippen molar-refractivity contribution >= 4 is 21.9 Å². The molecule has 0 unspecified atom stereocenters. The summed E-state index contributed by atoms with van der Waals surface area (Å²) in [5.74, 6) is -0.800. The number of hydrogen-bond donors (Lipinski definition) is 1. The zero-order valence-electron chi connectivity index (χ0n) is 10.3. The Bertz CT molecular complexity index is 585. The first-order valence-corrected chi connectivity index (χ1v) is 6.44. The number of aliphatic carboxylic acids is 1. The highest BCUT2D eigenvalue weighted by atomic mass is 79.9. The second-order valence-corrected chi connectivity index (χ2v) is 5.19. The average Bonchev–Trinajstić information content (AvgIpc) is 2.55. The average molecular weight is 308 g/mol. The van der Waals surface area contributed by atoms with Gasteiger partial charge in [-0.1, -0.05) is 15.9 Å². The van der Waals surface area contributed by atoms with Crippen molar-refractivity contribution in [1.82, 2.24) is 4.57 Å². The van der Waals surface area contributed by atoms with Crippen LogP contribution in [0.15, 0.2) is 34.8 Å². The number of benzene rings is 1. The summed E-state index contributed by atoms with van der Waals surface area (Å²) in [4.78, 5) is 10.8. The van der Waals surface area contributed by atoms with E-state index in [1.54, 1.807) is 0 Å². The van der Waals surface area contributed by atoms with Crippen molar-refractivity contribution in [1.29, 1.82) is 0 Å². The van der Waals surface area contributed by atoms with Crippen molar-refractivity contribution in [2.75, 3.05) is 0 Å². The Morgan fingerprint density at radius 2 is 1.89 bits per heavy atom.